The van der Waals surface area contributed by atoms with Gasteiger partial charge in [-0.15, -0.1) is 10.2 Å². The van der Waals surface area contributed by atoms with Crippen LogP contribution >= 0.6 is 11.6 Å². The zero-order valence-corrected chi connectivity index (χ0v) is 9.82. The van der Waals surface area contributed by atoms with Crippen LogP contribution in [0.25, 0.3) is 0 Å². The van der Waals surface area contributed by atoms with Gasteiger partial charge in [0.05, 0.1) is 17.1 Å². The van der Waals surface area contributed by atoms with Gasteiger partial charge in [-0.25, -0.2) is 0 Å². The van der Waals surface area contributed by atoms with Crippen molar-refractivity contribution in [3.05, 3.63) is 40.2 Å². The number of nitrogens with one attached hydrogen (secondary N) is 2. The molecule has 0 spiro atoms. The van der Waals surface area contributed by atoms with Crippen molar-refractivity contribution in [3.63, 3.8) is 0 Å². The number of halogens is 1. The average molecular weight is 252 g/mol. The Morgan fingerprint density at radius 2 is 2.35 bits per heavy atom. The summed E-state index contributed by atoms with van der Waals surface area (Å²) in [5, 5.41) is 16.2. The molecule has 17 heavy (non-hydrogen) atoms. The van der Waals surface area contributed by atoms with E-state index in [-0.39, 0.29) is 12.5 Å². The first-order valence-electron chi connectivity index (χ1n) is 4.93. The van der Waals surface area contributed by atoms with Crippen LogP contribution in [-0.4, -0.2) is 26.5 Å². The molecule has 1 aromatic carbocycles. The van der Waals surface area contributed by atoms with Gasteiger partial charge in [0.2, 0.25) is 0 Å². The molecule has 1 amide bonds. The summed E-state index contributed by atoms with van der Waals surface area (Å²) in [7, 11) is 0. The van der Waals surface area contributed by atoms with Crippen LogP contribution in [0.3, 0.4) is 0 Å². The van der Waals surface area contributed by atoms with E-state index in [1.165, 1.54) is 0 Å². The van der Waals surface area contributed by atoms with Gasteiger partial charge in [-0.3, -0.25) is 4.79 Å². The Morgan fingerprint density at radius 3 is 3.00 bits per heavy atom. The summed E-state index contributed by atoms with van der Waals surface area (Å²) < 4.78 is 0. The van der Waals surface area contributed by atoms with E-state index < -0.39 is 0 Å². The fourth-order valence-electron chi connectivity index (χ4n) is 1.32. The lowest BCUT2D eigenvalue weighted by Crippen LogP contribution is -2.23. The molecule has 0 aliphatic heterocycles. The number of carbonyl (C=O) groups excluding carboxylic acids is 1. The molecule has 0 aliphatic carbocycles. The second-order valence-electron chi connectivity index (χ2n) is 3.49. The van der Waals surface area contributed by atoms with E-state index >= 15 is 0 Å². The molecule has 0 fully saturated rings. The standard InChI is InChI=1S/C10H10ClN5O/c1-6-2-3-7(8(11)4-6)10(17)12-5-9-13-15-16-14-9/h2-4H,5H2,1H3,(H,12,17)(H,13,14,15,16). The van der Waals surface area contributed by atoms with Gasteiger partial charge in [0.15, 0.2) is 5.82 Å². The molecular weight excluding hydrogens is 242 g/mol. The highest BCUT2D eigenvalue weighted by Crippen LogP contribution is 2.17. The molecule has 0 atom stereocenters. The molecule has 2 N–H and O–H groups in total. The Bertz CT molecular complexity index is 525. The number of nitrogens with zero attached hydrogens (tertiary/aromatic N) is 3. The van der Waals surface area contributed by atoms with Crippen LogP contribution in [0.5, 0.6) is 0 Å². The van der Waals surface area contributed by atoms with E-state index in [1.54, 1.807) is 12.1 Å². The number of aryl methyl sites for hydroxylation is 1. The molecule has 1 aromatic heterocycles. The van der Waals surface area contributed by atoms with Crippen LogP contribution in [0.4, 0.5) is 0 Å². The molecule has 0 aliphatic rings. The van der Waals surface area contributed by atoms with E-state index in [9.17, 15) is 4.79 Å². The summed E-state index contributed by atoms with van der Waals surface area (Å²) in [6.45, 7) is 2.12. The van der Waals surface area contributed by atoms with E-state index in [4.69, 9.17) is 11.6 Å². The fraction of sp³-hybridized carbons (Fsp3) is 0.200. The first-order chi connectivity index (χ1) is 8.16. The number of hydrogen-bond donors (Lipinski definition) is 2. The Balaban J connectivity index is 2.04. The van der Waals surface area contributed by atoms with Crippen molar-refractivity contribution in [3.8, 4) is 0 Å². The molecule has 0 radical (unpaired) electrons. The second kappa shape index (κ2) is 4.92. The first-order valence-corrected chi connectivity index (χ1v) is 5.31. The lowest BCUT2D eigenvalue weighted by molar-refractivity contribution is 0.0950. The lowest BCUT2D eigenvalue weighted by atomic mass is 10.1. The van der Waals surface area contributed by atoms with Crippen LogP contribution in [0.2, 0.25) is 5.02 Å². The first kappa shape index (κ1) is 11.5. The highest BCUT2D eigenvalue weighted by atomic mass is 35.5. The molecule has 7 heteroatoms. The minimum Gasteiger partial charge on any atom is -0.345 e. The van der Waals surface area contributed by atoms with Gasteiger partial charge >= 0.3 is 0 Å². The Labute approximate surface area is 102 Å². The predicted octanol–water partition coefficient (Wildman–Crippen LogP) is 1.09. The summed E-state index contributed by atoms with van der Waals surface area (Å²) in [6.07, 6.45) is 0. The van der Waals surface area contributed by atoms with Gasteiger partial charge in [0.1, 0.15) is 0 Å². The predicted molar refractivity (Wildman–Crippen MR) is 61.5 cm³/mol. The molecule has 0 bridgehead atoms. The van der Waals surface area contributed by atoms with Crippen LogP contribution < -0.4 is 5.32 Å². The van der Waals surface area contributed by atoms with Gasteiger partial charge in [-0.1, -0.05) is 22.9 Å². The zero-order valence-electron chi connectivity index (χ0n) is 9.07. The number of benzene rings is 1. The molecular formula is C10H10ClN5O. The summed E-state index contributed by atoms with van der Waals surface area (Å²) >= 11 is 5.97. The van der Waals surface area contributed by atoms with Crippen molar-refractivity contribution in [2.24, 2.45) is 0 Å². The third-order valence-electron chi connectivity index (χ3n) is 2.17. The number of aromatic nitrogens is 4. The number of aromatic amines is 1. The largest absolute Gasteiger partial charge is 0.345 e. The second-order valence-corrected chi connectivity index (χ2v) is 3.90. The quantitative estimate of drug-likeness (QED) is 0.855. The van der Waals surface area contributed by atoms with E-state index in [1.807, 2.05) is 13.0 Å². The molecule has 0 unspecified atom stereocenters. The monoisotopic (exact) mass is 251 g/mol. The zero-order chi connectivity index (χ0) is 12.3. The molecule has 2 aromatic rings. The third kappa shape index (κ3) is 2.79. The third-order valence-corrected chi connectivity index (χ3v) is 2.48. The van der Waals surface area contributed by atoms with Crippen molar-refractivity contribution < 1.29 is 4.79 Å². The van der Waals surface area contributed by atoms with Crippen LogP contribution in [0.15, 0.2) is 18.2 Å². The maximum atomic E-state index is 11.8. The van der Waals surface area contributed by atoms with Crippen molar-refractivity contribution in [1.82, 2.24) is 25.9 Å². The number of hydrogen-bond acceptors (Lipinski definition) is 4. The summed E-state index contributed by atoms with van der Waals surface area (Å²) in [4.78, 5) is 11.8. The molecule has 1 heterocycles. The SMILES string of the molecule is Cc1ccc(C(=O)NCc2nn[nH]n2)c(Cl)c1. The lowest BCUT2D eigenvalue weighted by Gasteiger charge is -2.05. The Morgan fingerprint density at radius 1 is 1.53 bits per heavy atom. The highest BCUT2D eigenvalue weighted by molar-refractivity contribution is 6.33. The Kier molecular flexibility index (Phi) is 3.34. The van der Waals surface area contributed by atoms with Gasteiger partial charge in [0.25, 0.3) is 5.91 Å². The van der Waals surface area contributed by atoms with Crippen molar-refractivity contribution in [2.45, 2.75) is 13.5 Å². The average Bonchev–Trinajstić information content (AvgIpc) is 2.78. The molecule has 6 nitrogen and oxygen atoms in total. The van der Waals surface area contributed by atoms with Crippen LogP contribution in [0.1, 0.15) is 21.7 Å². The normalized spacial score (nSPS) is 10.2. The number of tetrazole rings is 1. The smallest absolute Gasteiger partial charge is 0.253 e. The highest BCUT2D eigenvalue weighted by Gasteiger charge is 2.10. The number of rotatable bonds is 3. The summed E-state index contributed by atoms with van der Waals surface area (Å²) in [6, 6.07) is 5.25. The van der Waals surface area contributed by atoms with Crippen molar-refractivity contribution in [1.29, 1.82) is 0 Å². The summed E-state index contributed by atoms with van der Waals surface area (Å²) in [5.41, 5.74) is 1.44. The fourth-order valence-corrected chi connectivity index (χ4v) is 1.64. The van der Waals surface area contributed by atoms with Crippen LogP contribution in [0, 0.1) is 6.92 Å². The number of amides is 1. The van der Waals surface area contributed by atoms with Gasteiger partial charge < -0.3 is 5.32 Å². The van der Waals surface area contributed by atoms with Crippen molar-refractivity contribution in [2.75, 3.05) is 0 Å². The minimum absolute atomic E-state index is 0.208. The molecule has 0 saturated heterocycles. The molecule has 88 valence electrons. The van der Waals surface area contributed by atoms with Crippen molar-refractivity contribution >= 4 is 17.5 Å². The van der Waals surface area contributed by atoms with Crippen LogP contribution in [-0.2, 0) is 6.54 Å². The van der Waals surface area contributed by atoms with Gasteiger partial charge in [-0.05, 0) is 24.6 Å². The molecule has 2 rings (SSSR count). The van der Waals surface area contributed by atoms with E-state index in [0.29, 0.717) is 16.4 Å². The number of carbonyl (C=O) groups is 1. The minimum atomic E-state index is -0.264. The Hall–Kier alpha value is -1.95. The number of H-pyrrole nitrogens is 1. The van der Waals surface area contributed by atoms with Gasteiger partial charge in [0, 0.05) is 0 Å². The van der Waals surface area contributed by atoms with E-state index in [0.717, 1.165) is 5.56 Å². The maximum Gasteiger partial charge on any atom is 0.253 e. The summed E-state index contributed by atoms with van der Waals surface area (Å²) in [5.74, 6) is 0.154. The maximum absolute atomic E-state index is 11.8. The topological polar surface area (TPSA) is 83.6 Å². The van der Waals surface area contributed by atoms with E-state index in [2.05, 4.69) is 25.9 Å². The van der Waals surface area contributed by atoms with Gasteiger partial charge in [-0.2, -0.15) is 5.21 Å². The molecule has 0 saturated carbocycles.